The average molecular weight is 280 g/mol. The third kappa shape index (κ3) is 3.42. The first-order valence-electron chi connectivity index (χ1n) is 5.42. The summed E-state index contributed by atoms with van der Waals surface area (Å²) in [5.74, 6) is -0.185. The fraction of sp³-hybridized carbons (Fsp3) is 0.0769. The lowest BCUT2D eigenvalue weighted by Gasteiger charge is -2.08. The number of nitrogen functional groups attached to an aromatic ring is 1. The Morgan fingerprint density at radius 2 is 2.16 bits per heavy atom. The molecule has 2 aromatic rings. The third-order valence-electron chi connectivity index (χ3n) is 2.44. The van der Waals surface area contributed by atoms with Gasteiger partial charge in [-0.3, -0.25) is 10.4 Å². The second-order valence-electron chi connectivity index (χ2n) is 3.85. The number of hydrogen-bond donors (Lipinski definition) is 2. The van der Waals surface area contributed by atoms with Crippen molar-refractivity contribution in [2.24, 2.45) is 5.73 Å². The summed E-state index contributed by atoms with van der Waals surface area (Å²) in [7, 11) is 0. The highest BCUT2D eigenvalue weighted by Gasteiger charge is 2.06. The van der Waals surface area contributed by atoms with Gasteiger partial charge >= 0.3 is 0 Å². The fourth-order valence-electron chi connectivity index (χ4n) is 1.46. The van der Waals surface area contributed by atoms with Crippen LogP contribution in [-0.2, 0) is 6.61 Å². The highest BCUT2D eigenvalue weighted by atomic mass is 35.5. The molecule has 0 bridgehead atoms. The van der Waals surface area contributed by atoms with E-state index in [1.165, 1.54) is 24.5 Å². The Morgan fingerprint density at radius 1 is 1.37 bits per heavy atom. The maximum Gasteiger partial charge on any atom is 0.139 e. The van der Waals surface area contributed by atoms with Crippen LogP contribution in [0.5, 0.6) is 5.75 Å². The van der Waals surface area contributed by atoms with Gasteiger partial charge in [0.25, 0.3) is 0 Å². The van der Waals surface area contributed by atoms with Crippen molar-refractivity contribution in [2.45, 2.75) is 6.61 Å². The molecule has 0 saturated carbocycles. The first kappa shape index (κ1) is 13.3. The maximum absolute atomic E-state index is 13.7. The van der Waals surface area contributed by atoms with Gasteiger partial charge in [0.2, 0.25) is 0 Å². The van der Waals surface area contributed by atoms with Gasteiger partial charge in [0.15, 0.2) is 0 Å². The molecule has 2 rings (SSSR count). The number of hydrogen-bond acceptors (Lipinski definition) is 3. The monoisotopic (exact) mass is 279 g/mol. The number of amidine groups is 1. The molecule has 4 nitrogen and oxygen atoms in total. The highest BCUT2D eigenvalue weighted by molar-refractivity contribution is 6.30. The molecule has 1 aromatic carbocycles. The van der Waals surface area contributed by atoms with E-state index in [-0.39, 0.29) is 12.4 Å². The summed E-state index contributed by atoms with van der Waals surface area (Å²) in [6, 6.07) is 5.90. The van der Waals surface area contributed by atoms with Crippen LogP contribution in [0.3, 0.4) is 0 Å². The predicted molar refractivity (Wildman–Crippen MR) is 71.0 cm³/mol. The van der Waals surface area contributed by atoms with Crippen LogP contribution in [0.1, 0.15) is 11.1 Å². The Bertz CT molecular complexity index is 619. The zero-order chi connectivity index (χ0) is 13.8. The van der Waals surface area contributed by atoms with Crippen molar-refractivity contribution in [3.63, 3.8) is 0 Å². The predicted octanol–water partition coefficient (Wildman–Crippen LogP) is 2.74. The number of nitrogens with one attached hydrogen (secondary N) is 1. The Kier molecular flexibility index (Phi) is 3.97. The van der Waals surface area contributed by atoms with E-state index in [1.807, 2.05) is 0 Å². The molecule has 0 aliphatic carbocycles. The molecule has 19 heavy (non-hydrogen) atoms. The molecular weight excluding hydrogens is 269 g/mol. The molecule has 98 valence electrons. The number of benzene rings is 1. The SMILES string of the molecule is N=C(N)c1ccc(COc2cncc(Cl)c2)c(F)c1. The van der Waals surface area contributed by atoms with E-state index in [0.29, 0.717) is 21.9 Å². The van der Waals surface area contributed by atoms with Crippen LogP contribution in [0, 0.1) is 11.2 Å². The van der Waals surface area contributed by atoms with Gasteiger partial charge in [-0.2, -0.15) is 0 Å². The molecule has 0 atom stereocenters. The van der Waals surface area contributed by atoms with Gasteiger partial charge in [0, 0.05) is 23.4 Å². The highest BCUT2D eigenvalue weighted by Crippen LogP contribution is 2.18. The number of nitrogens with two attached hydrogens (primary N) is 1. The van der Waals surface area contributed by atoms with Gasteiger partial charge < -0.3 is 10.5 Å². The third-order valence-corrected chi connectivity index (χ3v) is 2.64. The van der Waals surface area contributed by atoms with Crippen LogP contribution in [0.15, 0.2) is 36.7 Å². The first-order valence-corrected chi connectivity index (χ1v) is 5.80. The summed E-state index contributed by atoms with van der Waals surface area (Å²) in [6.07, 6.45) is 2.98. The largest absolute Gasteiger partial charge is 0.487 e. The smallest absolute Gasteiger partial charge is 0.139 e. The summed E-state index contributed by atoms with van der Waals surface area (Å²) < 4.78 is 19.1. The number of pyridine rings is 1. The van der Waals surface area contributed by atoms with Gasteiger partial charge in [-0.25, -0.2) is 4.39 Å². The van der Waals surface area contributed by atoms with Crippen molar-refractivity contribution in [2.75, 3.05) is 0 Å². The average Bonchev–Trinajstić information content (AvgIpc) is 2.37. The number of ether oxygens (including phenoxy) is 1. The lowest BCUT2D eigenvalue weighted by Crippen LogP contribution is -2.12. The van der Waals surface area contributed by atoms with Crippen molar-refractivity contribution < 1.29 is 9.13 Å². The van der Waals surface area contributed by atoms with Crippen LogP contribution in [0.25, 0.3) is 0 Å². The summed E-state index contributed by atoms with van der Waals surface area (Å²) in [4.78, 5) is 3.86. The van der Waals surface area contributed by atoms with Crippen molar-refractivity contribution in [1.29, 1.82) is 5.41 Å². The molecule has 1 heterocycles. The molecule has 3 N–H and O–H groups in total. The Hall–Kier alpha value is -2.14. The minimum Gasteiger partial charge on any atom is -0.487 e. The molecule has 0 amide bonds. The van der Waals surface area contributed by atoms with Crippen molar-refractivity contribution in [3.05, 3.63) is 58.6 Å². The summed E-state index contributed by atoms with van der Waals surface area (Å²) in [6.45, 7) is 0.0477. The number of aromatic nitrogens is 1. The first-order chi connectivity index (χ1) is 9.06. The molecule has 6 heteroatoms. The molecular formula is C13H11ClFN3O. The van der Waals surface area contributed by atoms with E-state index in [0.717, 1.165) is 0 Å². The van der Waals surface area contributed by atoms with Gasteiger partial charge in [-0.05, 0) is 6.07 Å². The van der Waals surface area contributed by atoms with E-state index >= 15 is 0 Å². The number of nitrogens with zero attached hydrogens (tertiary/aromatic N) is 1. The standard InChI is InChI=1S/C13H11ClFN3O/c14-10-4-11(6-18-5-10)19-7-9-2-1-8(13(16)17)3-12(9)15/h1-6H,7H2,(H3,16,17). The molecule has 0 saturated heterocycles. The van der Waals surface area contributed by atoms with Crippen LogP contribution in [-0.4, -0.2) is 10.8 Å². The topological polar surface area (TPSA) is 72.0 Å². The van der Waals surface area contributed by atoms with Gasteiger partial charge in [-0.1, -0.05) is 23.7 Å². The normalized spacial score (nSPS) is 10.2. The number of rotatable bonds is 4. The minimum absolute atomic E-state index is 0.0477. The Morgan fingerprint density at radius 3 is 2.79 bits per heavy atom. The lowest BCUT2D eigenvalue weighted by molar-refractivity contribution is 0.298. The van der Waals surface area contributed by atoms with Crippen molar-refractivity contribution in [3.8, 4) is 5.75 Å². The van der Waals surface area contributed by atoms with Crippen LogP contribution in [0.4, 0.5) is 4.39 Å². The summed E-state index contributed by atoms with van der Waals surface area (Å²) in [5.41, 5.74) is 5.98. The van der Waals surface area contributed by atoms with Crippen LogP contribution in [0.2, 0.25) is 5.02 Å². The summed E-state index contributed by atoms with van der Waals surface area (Å²) >= 11 is 5.76. The molecule has 0 aliphatic rings. The lowest BCUT2D eigenvalue weighted by atomic mass is 10.1. The van der Waals surface area contributed by atoms with Gasteiger partial charge in [-0.15, -0.1) is 0 Å². The van der Waals surface area contributed by atoms with Gasteiger partial charge in [0.05, 0.1) is 11.2 Å². The Labute approximate surface area is 114 Å². The molecule has 1 aromatic heterocycles. The molecule has 0 spiro atoms. The van der Waals surface area contributed by atoms with E-state index in [1.54, 1.807) is 12.1 Å². The Balaban J connectivity index is 2.10. The quantitative estimate of drug-likeness (QED) is 0.668. The second-order valence-corrected chi connectivity index (χ2v) is 4.28. The van der Waals surface area contributed by atoms with E-state index in [4.69, 9.17) is 27.5 Å². The van der Waals surface area contributed by atoms with Crippen molar-refractivity contribution in [1.82, 2.24) is 4.98 Å². The molecule has 0 fully saturated rings. The zero-order valence-electron chi connectivity index (χ0n) is 9.86. The van der Waals surface area contributed by atoms with Crippen LogP contribution < -0.4 is 10.5 Å². The van der Waals surface area contributed by atoms with Gasteiger partial charge in [0.1, 0.15) is 24.0 Å². The van der Waals surface area contributed by atoms with E-state index in [2.05, 4.69) is 4.98 Å². The summed E-state index contributed by atoms with van der Waals surface area (Å²) in [5, 5.41) is 7.67. The number of halogens is 2. The fourth-order valence-corrected chi connectivity index (χ4v) is 1.63. The van der Waals surface area contributed by atoms with Crippen LogP contribution >= 0.6 is 11.6 Å². The minimum atomic E-state index is -0.470. The maximum atomic E-state index is 13.7. The van der Waals surface area contributed by atoms with E-state index in [9.17, 15) is 4.39 Å². The second kappa shape index (κ2) is 5.67. The molecule has 0 unspecified atom stereocenters. The van der Waals surface area contributed by atoms with Crippen molar-refractivity contribution >= 4 is 17.4 Å². The molecule has 0 radical (unpaired) electrons. The zero-order valence-corrected chi connectivity index (χ0v) is 10.6. The van der Waals surface area contributed by atoms with E-state index < -0.39 is 5.82 Å². The molecule has 0 aliphatic heterocycles.